The number of thiazole rings is 1. The molecular formula is C23H15ClN2O5S. The summed E-state index contributed by atoms with van der Waals surface area (Å²) in [6.45, 7) is 1.66. The van der Waals surface area contributed by atoms with Gasteiger partial charge in [-0.2, -0.15) is 0 Å². The Bertz CT molecular complexity index is 1460. The van der Waals surface area contributed by atoms with Crippen molar-refractivity contribution in [2.75, 3.05) is 12.0 Å². The van der Waals surface area contributed by atoms with Crippen molar-refractivity contribution in [3.63, 3.8) is 0 Å². The number of halogens is 1. The second-order valence-electron chi connectivity index (χ2n) is 7.20. The van der Waals surface area contributed by atoms with Crippen LogP contribution in [0.5, 0.6) is 0 Å². The third-order valence-corrected chi connectivity index (χ3v) is 6.71. The maximum Gasteiger partial charge on any atom is 0.350 e. The number of benzene rings is 2. The number of para-hydroxylation sites is 1. The van der Waals surface area contributed by atoms with Crippen molar-refractivity contribution in [2.45, 2.75) is 13.0 Å². The largest absolute Gasteiger partial charge is 0.465 e. The van der Waals surface area contributed by atoms with E-state index in [0.717, 1.165) is 11.3 Å². The molecule has 1 atom stereocenters. The van der Waals surface area contributed by atoms with Crippen LogP contribution in [0.2, 0.25) is 5.02 Å². The van der Waals surface area contributed by atoms with Crippen LogP contribution in [0.1, 0.15) is 43.1 Å². The Kier molecular flexibility index (Phi) is 4.83. The van der Waals surface area contributed by atoms with Crippen molar-refractivity contribution >= 4 is 50.9 Å². The molecule has 2 aromatic heterocycles. The summed E-state index contributed by atoms with van der Waals surface area (Å²) in [4.78, 5) is 45.2. The van der Waals surface area contributed by atoms with Crippen molar-refractivity contribution in [3.8, 4) is 0 Å². The van der Waals surface area contributed by atoms with Crippen LogP contribution >= 0.6 is 22.9 Å². The first-order valence-corrected chi connectivity index (χ1v) is 10.8. The van der Waals surface area contributed by atoms with Gasteiger partial charge >= 0.3 is 5.97 Å². The zero-order chi connectivity index (χ0) is 22.6. The Morgan fingerprint density at radius 3 is 2.59 bits per heavy atom. The number of fused-ring (bicyclic) bond motifs is 2. The highest BCUT2D eigenvalue weighted by Gasteiger charge is 2.45. The number of carbonyl (C=O) groups is 2. The Morgan fingerprint density at radius 1 is 1.16 bits per heavy atom. The van der Waals surface area contributed by atoms with Gasteiger partial charge in [-0.05, 0) is 36.8 Å². The van der Waals surface area contributed by atoms with E-state index in [9.17, 15) is 14.4 Å². The molecule has 4 aromatic rings. The topological polar surface area (TPSA) is 89.7 Å². The molecule has 9 heteroatoms. The predicted octanol–water partition coefficient (Wildman–Crippen LogP) is 4.75. The van der Waals surface area contributed by atoms with E-state index in [-0.39, 0.29) is 26.8 Å². The van der Waals surface area contributed by atoms with E-state index in [2.05, 4.69) is 4.98 Å². The highest BCUT2D eigenvalue weighted by Crippen LogP contribution is 2.43. The fourth-order valence-corrected chi connectivity index (χ4v) is 4.98. The van der Waals surface area contributed by atoms with Crippen LogP contribution in [0.3, 0.4) is 0 Å². The first-order valence-electron chi connectivity index (χ1n) is 9.61. The first-order chi connectivity index (χ1) is 15.4. The Balaban J connectivity index is 1.78. The van der Waals surface area contributed by atoms with Crippen LogP contribution in [0.25, 0.3) is 11.0 Å². The molecule has 0 N–H and O–H groups in total. The molecule has 0 saturated heterocycles. The Labute approximate surface area is 190 Å². The zero-order valence-corrected chi connectivity index (χ0v) is 18.5. The molecule has 1 aliphatic heterocycles. The SMILES string of the molecule is COC(=O)c1sc(N2C(=O)c3oc4ccccc4c(=O)c3C2c2ccc(Cl)cc2)nc1C. The van der Waals surface area contributed by atoms with Crippen molar-refractivity contribution in [2.24, 2.45) is 0 Å². The minimum atomic E-state index is -0.785. The minimum absolute atomic E-state index is 0.0406. The summed E-state index contributed by atoms with van der Waals surface area (Å²) in [5.41, 5.74) is 1.35. The lowest BCUT2D eigenvalue weighted by atomic mass is 9.99. The summed E-state index contributed by atoms with van der Waals surface area (Å²) >= 11 is 7.09. The molecule has 3 heterocycles. The van der Waals surface area contributed by atoms with Gasteiger partial charge in [0.1, 0.15) is 10.5 Å². The molecule has 160 valence electrons. The van der Waals surface area contributed by atoms with E-state index in [1.54, 1.807) is 55.5 Å². The number of hydrogen-bond donors (Lipinski definition) is 0. The summed E-state index contributed by atoms with van der Waals surface area (Å²) in [7, 11) is 1.28. The molecule has 32 heavy (non-hydrogen) atoms. The Morgan fingerprint density at radius 2 is 1.88 bits per heavy atom. The number of ether oxygens (including phenoxy) is 1. The van der Waals surface area contributed by atoms with Crippen LogP contribution < -0.4 is 10.3 Å². The number of rotatable bonds is 3. The summed E-state index contributed by atoms with van der Waals surface area (Å²) in [6, 6.07) is 12.9. The molecule has 5 rings (SSSR count). The number of amides is 1. The lowest BCUT2D eigenvalue weighted by Crippen LogP contribution is -2.29. The maximum atomic E-state index is 13.5. The predicted molar refractivity (Wildman–Crippen MR) is 121 cm³/mol. The highest BCUT2D eigenvalue weighted by atomic mass is 35.5. The summed E-state index contributed by atoms with van der Waals surface area (Å²) in [5.74, 6) is -1.09. The van der Waals surface area contributed by atoms with Gasteiger partial charge in [0, 0.05) is 5.02 Å². The van der Waals surface area contributed by atoms with Crippen LogP contribution in [0, 0.1) is 6.92 Å². The number of carbonyl (C=O) groups excluding carboxylic acids is 2. The highest BCUT2D eigenvalue weighted by molar-refractivity contribution is 7.17. The molecule has 0 bridgehead atoms. The van der Waals surface area contributed by atoms with Crippen molar-refractivity contribution in [3.05, 3.63) is 91.2 Å². The zero-order valence-electron chi connectivity index (χ0n) is 16.9. The van der Waals surface area contributed by atoms with Crippen molar-refractivity contribution < 1.29 is 18.7 Å². The fourth-order valence-electron chi connectivity index (χ4n) is 3.84. The molecule has 1 aliphatic rings. The molecule has 0 fully saturated rings. The van der Waals surface area contributed by atoms with Gasteiger partial charge in [0.25, 0.3) is 5.91 Å². The Hall–Kier alpha value is -3.49. The van der Waals surface area contributed by atoms with Gasteiger partial charge in [-0.3, -0.25) is 14.5 Å². The average molecular weight is 467 g/mol. The lowest BCUT2D eigenvalue weighted by Gasteiger charge is -2.22. The van der Waals surface area contributed by atoms with Gasteiger partial charge in [0.2, 0.25) is 5.76 Å². The van der Waals surface area contributed by atoms with Gasteiger partial charge in [0.05, 0.1) is 29.8 Å². The van der Waals surface area contributed by atoms with Crippen molar-refractivity contribution in [1.82, 2.24) is 4.98 Å². The number of aryl methyl sites for hydroxylation is 1. The molecule has 0 aliphatic carbocycles. The molecule has 0 radical (unpaired) electrons. The van der Waals surface area contributed by atoms with E-state index < -0.39 is 17.9 Å². The van der Waals surface area contributed by atoms with Gasteiger partial charge in [-0.1, -0.05) is 47.2 Å². The molecule has 2 aromatic carbocycles. The molecule has 1 amide bonds. The number of nitrogens with zero attached hydrogens (tertiary/aromatic N) is 2. The van der Waals surface area contributed by atoms with Gasteiger partial charge in [-0.15, -0.1) is 0 Å². The first kappa shape index (κ1) is 20.4. The standard InChI is InChI=1S/C23H15ClN2O5S/c1-11-20(22(29)30-2)32-23(25-11)26-17(12-7-9-13(24)10-8-12)16-18(27)14-5-3-4-6-15(14)31-19(16)21(26)28/h3-10,17H,1-2H3. The van der Waals surface area contributed by atoms with Gasteiger partial charge in [0.15, 0.2) is 10.6 Å². The van der Waals surface area contributed by atoms with Crippen LogP contribution in [0.4, 0.5) is 5.13 Å². The van der Waals surface area contributed by atoms with Gasteiger partial charge in [-0.25, -0.2) is 9.78 Å². The summed E-state index contributed by atoms with van der Waals surface area (Å²) < 4.78 is 10.7. The number of esters is 1. The number of hydrogen-bond acceptors (Lipinski definition) is 7. The quantitative estimate of drug-likeness (QED) is 0.405. The van der Waals surface area contributed by atoms with Crippen LogP contribution in [-0.2, 0) is 4.74 Å². The maximum absolute atomic E-state index is 13.5. The number of anilines is 1. The van der Waals surface area contributed by atoms with E-state index in [1.807, 2.05) is 0 Å². The monoisotopic (exact) mass is 466 g/mol. The minimum Gasteiger partial charge on any atom is -0.465 e. The molecule has 0 saturated carbocycles. The number of methoxy groups -OCH3 is 1. The van der Waals surface area contributed by atoms with Crippen LogP contribution in [0.15, 0.2) is 57.7 Å². The van der Waals surface area contributed by atoms with Crippen molar-refractivity contribution in [1.29, 1.82) is 0 Å². The van der Waals surface area contributed by atoms with E-state index in [0.29, 0.717) is 27.2 Å². The molecule has 0 spiro atoms. The third-order valence-electron chi connectivity index (χ3n) is 5.33. The van der Waals surface area contributed by atoms with Crippen LogP contribution in [-0.4, -0.2) is 24.0 Å². The summed E-state index contributed by atoms with van der Waals surface area (Å²) in [6.07, 6.45) is 0. The smallest absolute Gasteiger partial charge is 0.350 e. The molecule has 1 unspecified atom stereocenters. The average Bonchev–Trinajstić information content (AvgIpc) is 3.31. The second-order valence-corrected chi connectivity index (χ2v) is 8.62. The third kappa shape index (κ3) is 3.03. The fraction of sp³-hybridized carbons (Fsp3) is 0.130. The van der Waals surface area contributed by atoms with E-state index >= 15 is 0 Å². The number of aromatic nitrogens is 1. The van der Waals surface area contributed by atoms with Gasteiger partial charge < -0.3 is 9.15 Å². The van der Waals surface area contributed by atoms with E-state index in [4.69, 9.17) is 20.8 Å². The summed E-state index contributed by atoms with van der Waals surface area (Å²) in [5, 5.41) is 1.17. The molecule has 7 nitrogen and oxygen atoms in total. The normalized spacial score (nSPS) is 15.3. The molecular weight excluding hydrogens is 452 g/mol. The van der Waals surface area contributed by atoms with E-state index in [1.165, 1.54) is 12.0 Å². The second kappa shape index (κ2) is 7.58. The lowest BCUT2D eigenvalue weighted by molar-refractivity contribution is 0.0605.